The van der Waals surface area contributed by atoms with Crippen LogP contribution in [0.4, 0.5) is 0 Å². The van der Waals surface area contributed by atoms with Gasteiger partial charge < -0.3 is 9.29 Å². The summed E-state index contributed by atoms with van der Waals surface area (Å²) in [6.07, 6.45) is 6.00. The van der Waals surface area contributed by atoms with Crippen molar-refractivity contribution in [1.29, 1.82) is 0 Å². The lowest BCUT2D eigenvalue weighted by atomic mass is 10.1. The molecule has 1 aliphatic heterocycles. The molecule has 0 aromatic heterocycles. The molecule has 94 valence electrons. The predicted molar refractivity (Wildman–Crippen MR) is 68.4 cm³/mol. The van der Waals surface area contributed by atoms with Gasteiger partial charge >= 0.3 is 0 Å². The molecule has 1 unspecified atom stereocenters. The molecule has 1 aliphatic rings. The van der Waals surface area contributed by atoms with Crippen LogP contribution < -0.4 is 0 Å². The SMILES string of the molecule is C[C@@H]([C@@H]1CCC=CO1)N(C)[S+]([O-])C(C)(C)C. The molecule has 1 rings (SSSR count). The zero-order chi connectivity index (χ0) is 12.3. The Bertz CT molecular complexity index is 250. The van der Waals surface area contributed by atoms with E-state index in [0.717, 1.165) is 12.8 Å². The molecular formula is C12H23NO2S. The average Bonchev–Trinajstić information content (AvgIpc) is 2.26. The van der Waals surface area contributed by atoms with Crippen molar-refractivity contribution in [3.63, 3.8) is 0 Å². The van der Waals surface area contributed by atoms with Crippen LogP contribution in [0, 0.1) is 0 Å². The van der Waals surface area contributed by atoms with Gasteiger partial charge in [0.2, 0.25) is 0 Å². The first kappa shape index (κ1) is 13.9. The quantitative estimate of drug-likeness (QED) is 0.717. The Morgan fingerprint density at radius 2 is 2.12 bits per heavy atom. The number of nitrogens with zero attached hydrogens (tertiary/aromatic N) is 1. The number of rotatable bonds is 3. The molecule has 16 heavy (non-hydrogen) atoms. The van der Waals surface area contributed by atoms with Gasteiger partial charge in [-0.15, -0.1) is 4.31 Å². The van der Waals surface area contributed by atoms with Crippen LogP contribution in [-0.2, 0) is 16.1 Å². The van der Waals surface area contributed by atoms with Crippen LogP contribution in [0.1, 0.15) is 40.5 Å². The number of ether oxygens (including phenoxy) is 1. The van der Waals surface area contributed by atoms with Gasteiger partial charge in [-0.2, -0.15) is 0 Å². The van der Waals surface area contributed by atoms with Gasteiger partial charge in [-0.05, 0) is 46.6 Å². The van der Waals surface area contributed by atoms with E-state index in [1.165, 1.54) is 0 Å². The number of hydrogen-bond acceptors (Lipinski definition) is 3. The molecule has 3 atom stereocenters. The molecule has 1 heterocycles. The molecule has 0 aliphatic carbocycles. The molecule has 3 nitrogen and oxygen atoms in total. The highest BCUT2D eigenvalue weighted by Crippen LogP contribution is 2.25. The lowest BCUT2D eigenvalue weighted by molar-refractivity contribution is 0.0699. The molecule has 0 N–H and O–H groups in total. The fourth-order valence-electron chi connectivity index (χ4n) is 1.73. The fraction of sp³-hybridized carbons (Fsp3) is 0.833. The van der Waals surface area contributed by atoms with Crippen molar-refractivity contribution < 1.29 is 9.29 Å². The molecular weight excluding hydrogens is 222 g/mol. The molecule has 0 spiro atoms. The Morgan fingerprint density at radius 3 is 2.56 bits per heavy atom. The maximum Gasteiger partial charge on any atom is 0.137 e. The van der Waals surface area contributed by atoms with E-state index in [1.54, 1.807) is 6.26 Å². The zero-order valence-electron chi connectivity index (χ0n) is 10.9. The summed E-state index contributed by atoms with van der Waals surface area (Å²) >= 11 is -0.985. The van der Waals surface area contributed by atoms with E-state index in [2.05, 4.69) is 6.92 Å². The van der Waals surface area contributed by atoms with Crippen LogP contribution in [0.2, 0.25) is 0 Å². The van der Waals surface area contributed by atoms with Gasteiger partial charge in [0.25, 0.3) is 0 Å². The summed E-state index contributed by atoms with van der Waals surface area (Å²) in [5.74, 6) is 0. The van der Waals surface area contributed by atoms with Crippen LogP contribution in [0.3, 0.4) is 0 Å². The molecule has 0 saturated carbocycles. The van der Waals surface area contributed by atoms with Crippen LogP contribution >= 0.6 is 0 Å². The van der Waals surface area contributed by atoms with Crippen LogP contribution in [0.5, 0.6) is 0 Å². The first-order chi connectivity index (χ1) is 7.34. The van der Waals surface area contributed by atoms with Gasteiger partial charge in [0.05, 0.1) is 12.3 Å². The summed E-state index contributed by atoms with van der Waals surface area (Å²) in [7, 11) is 1.91. The van der Waals surface area contributed by atoms with E-state index in [-0.39, 0.29) is 16.9 Å². The number of hydrogen-bond donors (Lipinski definition) is 0. The van der Waals surface area contributed by atoms with Gasteiger partial charge in [0.15, 0.2) is 0 Å². The summed E-state index contributed by atoms with van der Waals surface area (Å²) in [6, 6.07) is 0.171. The summed E-state index contributed by atoms with van der Waals surface area (Å²) in [5, 5.41) is 0. The largest absolute Gasteiger partial charge is 0.597 e. The second-order valence-corrected chi connectivity index (χ2v) is 7.57. The van der Waals surface area contributed by atoms with Crippen LogP contribution in [0.25, 0.3) is 0 Å². The summed E-state index contributed by atoms with van der Waals surface area (Å²) in [6.45, 7) is 8.06. The van der Waals surface area contributed by atoms with Crippen molar-refractivity contribution in [2.24, 2.45) is 0 Å². The maximum absolute atomic E-state index is 12.2. The summed E-state index contributed by atoms with van der Waals surface area (Å²) in [4.78, 5) is 0. The lowest BCUT2D eigenvalue weighted by Crippen LogP contribution is -2.49. The van der Waals surface area contributed by atoms with Gasteiger partial charge in [-0.1, -0.05) is 0 Å². The Hall–Kier alpha value is -0.190. The van der Waals surface area contributed by atoms with E-state index in [0.29, 0.717) is 0 Å². The van der Waals surface area contributed by atoms with Crippen molar-refractivity contribution in [3.8, 4) is 0 Å². The zero-order valence-corrected chi connectivity index (χ0v) is 11.7. The minimum atomic E-state index is -0.985. The van der Waals surface area contributed by atoms with Gasteiger partial charge in [0, 0.05) is 18.4 Å². The van der Waals surface area contributed by atoms with Crippen LogP contribution in [-0.4, -0.2) is 32.8 Å². The normalized spacial score (nSPS) is 25.3. The smallest absolute Gasteiger partial charge is 0.137 e. The topological polar surface area (TPSA) is 35.5 Å². The Kier molecular flexibility index (Phi) is 4.71. The van der Waals surface area contributed by atoms with E-state index in [4.69, 9.17) is 4.74 Å². The second kappa shape index (κ2) is 5.43. The molecule has 0 saturated heterocycles. The number of likely N-dealkylation sites (N-methyl/N-ethyl adjacent to an activating group) is 1. The van der Waals surface area contributed by atoms with Crippen molar-refractivity contribution in [2.75, 3.05) is 7.05 Å². The number of allylic oxidation sites excluding steroid dienone is 1. The van der Waals surface area contributed by atoms with E-state index < -0.39 is 11.4 Å². The van der Waals surface area contributed by atoms with E-state index in [1.807, 2.05) is 38.2 Å². The molecule has 0 bridgehead atoms. The highest BCUT2D eigenvalue weighted by atomic mass is 32.2. The first-order valence-electron chi connectivity index (χ1n) is 5.79. The van der Waals surface area contributed by atoms with Crippen molar-refractivity contribution in [1.82, 2.24) is 4.31 Å². The van der Waals surface area contributed by atoms with E-state index in [9.17, 15) is 4.55 Å². The Labute approximate surface area is 102 Å². The molecule has 0 fully saturated rings. The third-order valence-corrected chi connectivity index (χ3v) is 4.77. The summed E-state index contributed by atoms with van der Waals surface area (Å²) in [5.41, 5.74) is 0. The molecule has 0 aromatic carbocycles. The minimum Gasteiger partial charge on any atom is -0.597 e. The highest BCUT2D eigenvalue weighted by Gasteiger charge is 2.36. The molecule has 4 heteroatoms. The second-order valence-electron chi connectivity index (χ2n) is 5.27. The third-order valence-electron chi connectivity index (χ3n) is 2.86. The van der Waals surface area contributed by atoms with Crippen molar-refractivity contribution in [2.45, 2.75) is 57.4 Å². The standard InChI is InChI=1S/C12H23NO2S/c1-10(11-8-6-7-9-15-11)13(5)16(14)12(2,3)4/h7,9-11H,6,8H2,1-5H3/t10-,11-,16?/m0/s1. The first-order valence-corrected chi connectivity index (χ1v) is 6.90. The van der Waals surface area contributed by atoms with Gasteiger partial charge in [0.1, 0.15) is 10.9 Å². The Balaban J connectivity index is 2.59. The van der Waals surface area contributed by atoms with Crippen molar-refractivity contribution >= 4 is 11.4 Å². The predicted octanol–water partition coefficient (Wildman–Crippen LogP) is 2.46. The maximum atomic E-state index is 12.2. The third kappa shape index (κ3) is 3.40. The molecule has 0 aromatic rings. The van der Waals surface area contributed by atoms with E-state index >= 15 is 0 Å². The van der Waals surface area contributed by atoms with Crippen molar-refractivity contribution in [3.05, 3.63) is 12.3 Å². The monoisotopic (exact) mass is 245 g/mol. The average molecular weight is 245 g/mol. The highest BCUT2D eigenvalue weighted by molar-refractivity contribution is 7.90. The molecule has 0 radical (unpaired) electrons. The lowest BCUT2D eigenvalue weighted by Gasteiger charge is -2.36. The fourth-order valence-corrected chi connectivity index (χ4v) is 3.03. The Morgan fingerprint density at radius 1 is 1.50 bits per heavy atom. The molecule has 0 amide bonds. The van der Waals surface area contributed by atoms with Crippen LogP contribution in [0.15, 0.2) is 12.3 Å². The van der Waals surface area contributed by atoms with Gasteiger partial charge in [-0.25, -0.2) is 0 Å². The summed E-state index contributed by atoms with van der Waals surface area (Å²) < 4.78 is 19.5. The minimum absolute atomic E-state index is 0.154. The van der Waals surface area contributed by atoms with Gasteiger partial charge in [-0.3, -0.25) is 0 Å².